The number of hydroxylamine groups is 2. The van der Waals surface area contributed by atoms with Gasteiger partial charge in [-0.05, 0) is 36.0 Å². The van der Waals surface area contributed by atoms with Crippen LogP contribution in [0, 0.1) is 5.92 Å². The number of aliphatic hydroxyl groups is 1. The molecule has 0 amide bonds. The molecule has 5 nitrogen and oxygen atoms in total. The molecule has 3 rings (SSSR count). The van der Waals surface area contributed by atoms with E-state index < -0.39 is 0 Å². The predicted molar refractivity (Wildman–Crippen MR) is 79.8 cm³/mol. The van der Waals surface area contributed by atoms with E-state index >= 15 is 0 Å². The Kier molecular flexibility index (Phi) is 4.15. The molecule has 1 heterocycles. The third-order valence-corrected chi connectivity index (χ3v) is 4.17. The average Bonchev–Trinajstić information content (AvgIpc) is 2.54. The minimum absolute atomic E-state index is 0.135. The molecule has 22 heavy (non-hydrogen) atoms. The first-order valence-electron chi connectivity index (χ1n) is 7.42. The van der Waals surface area contributed by atoms with E-state index in [2.05, 4.69) is 0 Å². The second kappa shape index (κ2) is 6.23. The molecule has 1 aliphatic carbocycles. The van der Waals surface area contributed by atoms with Crippen LogP contribution in [0.5, 0.6) is 0 Å². The van der Waals surface area contributed by atoms with Crippen LogP contribution in [0.2, 0.25) is 0 Å². The fourth-order valence-corrected chi connectivity index (χ4v) is 2.92. The van der Waals surface area contributed by atoms with Crippen molar-refractivity contribution in [2.24, 2.45) is 5.92 Å². The lowest BCUT2D eigenvalue weighted by molar-refractivity contribution is -0.150. The highest BCUT2D eigenvalue weighted by molar-refractivity contribution is 5.73. The molecule has 116 valence electrons. The normalized spacial score (nSPS) is 21.2. The molecule has 1 aromatic rings. The maximum absolute atomic E-state index is 12.2. The standard InChI is InChI=1S/C17H19NO4/c19-16-9-13-6-7-14(8-15(13)10-18(16)21)17(20)22-11-12-4-2-1-3-5-12/h1-5,9,14,19,21H,6-8,10-11H2/t14-/m0/s1. The summed E-state index contributed by atoms with van der Waals surface area (Å²) in [7, 11) is 0. The number of hydrogen-bond acceptors (Lipinski definition) is 5. The van der Waals surface area contributed by atoms with Gasteiger partial charge in [0.1, 0.15) is 6.61 Å². The Morgan fingerprint density at radius 3 is 2.86 bits per heavy atom. The zero-order chi connectivity index (χ0) is 15.5. The molecule has 0 fully saturated rings. The number of nitrogens with zero attached hydrogens (tertiary/aromatic N) is 1. The van der Waals surface area contributed by atoms with E-state index in [4.69, 9.17) is 4.74 Å². The molecule has 2 N–H and O–H groups in total. The third kappa shape index (κ3) is 3.14. The van der Waals surface area contributed by atoms with Gasteiger partial charge in [0, 0.05) is 6.08 Å². The highest BCUT2D eigenvalue weighted by Crippen LogP contribution is 2.34. The molecular weight excluding hydrogens is 282 g/mol. The van der Waals surface area contributed by atoms with E-state index in [1.54, 1.807) is 6.08 Å². The van der Waals surface area contributed by atoms with Gasteiger partial charge in [0.2, 0.25) is 5.88 Å². The summed E-state index contributed by atoms with van der Waals surface area (Å²) in [6.45, 7) is 0.537. The summed E-state index contributed by atoms with van der Waals surface area (Å²) < 4.78 is 5.39. The van der Waals surface area contributed by atoms with Crippen molar-refractivity contribution in [1.29, 1.82) is 0 Å². The van der Waals surface area contributed by atoms with Crippen LogP contribution in [0.3, 0.4) is 0 Å². The number of aliphatic hydroxyl groups excluding tert-OH is 1. The highest BCUT2D eigenvalue weighted by Gasteiger charge is 2.30. The van der Waals surface area contributed by atoms with Crippen LogP contribution in [0.1, 0.15) is 24.8 Å². The van der Waals surface area contributed by atoms with Gasteiger partial charge in [0.25, 0.3) is 0 Å². The van der Waals surface area contributed by atoms with Gasteiger partial charge in [-0.3, -0.25) is 10.0 Å². The Morgan fingerprint density at radius 2 is 2.09 bits per heavy atom. The number of benzene rings is 1. The van der Waals surface area contributed by atoms with Crippen LogP contribution in [-0.2, 0) is 16.1 Å². The van der Waals surface area contributed by atoms with Crippen molar-refractivity contribution in [1.82, 2.24) is 5.06 Å². The third-order valence-electron chi connectivity index (χ3n) is 4.17. The average molecular weight is 301 g/mol. The van der Waals surface area contributed by atoms with Crippen molar-refractivity contribution >= 4 is 5.97 Å². The van der Waals surface area contributed by atoms with Crippen molar-refractivity contribution in [3.05, 3.63) is 59.0 Å². The van der Waals surface area contributed by atoms with Gasteiger partial charge >= 0.3 is 5.97 Å². The van der Waals surface area contributed by atoms with Crippen LogP contribution in [0.15, 0.2) is 53.4 Å². The molecule has 0 bridgehead atoms. The summed E-state index contributed by atoms with van der Waals surface area (Å²) in [5, 5.41) is 19.9. The largest absolute Gasteiger partial charge is 0.493 e. The Morgan fingerprint density at radius 1 is 1.32 bits per heavy atom. The lowest BCUT2D eigenvalue weighted by atomic mass is 9.82. The molecule has 2 aliphatic rings. The fourth-order valence-electron chi connectivity index (χ4n) is 2.92. The molecule has 5 heteroatoms. The van der Waals surface area contributed by atoms with E-state index in [9.17, 15) is 15.1 Å². The molecular formula is C17H19NO4. The van der Waals surface area contributed by atoms with Crippen molar-refractivity contribution in [3.63, 3.8) is 0 Å². The summed E-state index contributed by atoms with van der Waals surface area (Å²) in [5.74, 6) is -0.507. The number of rotatable bonds is 3. The van der Waals surface area contributed by atoms with Crippen molar-refractivity contribution in [2.45, 2.75) is 25.9 Å². The number of carbonyl (C=O) groups is 1. The molecule has 0 unspecified atom stereocenters. The molecule has 0 radical (unpaired) electrons. The number of esters is 1. The van der Waals surface area contributed by atoms with Crippen molar-refractivity contribution in [3.8, 4) is 0 Å². The summed E-state index contributed by atoms with van der Waals surface area (Å²) in [6.07, 6.45) is 3.58. The lowest BCUT2D eigenvalue weighted by Crippen LogP contribution is -2.30. The quantitative estimate of drug-likeness (QED) is 0.840. The molecule has 1 atom stereocenters. The van der Waals surface area contributed by atoms with Crippen LogP contribution in [0.4, 0.5) is 0 Å². The number of hydrogen-bond donors (Lipinski definition) is 2. The highest BCUT2D eigenvalue weighted by atomic mass is 16.5. The Bertz CT molecular complexity index is 621. The van der Waals surface area contributed by atoms with Gasteiger partial charge in [-0.15, -0.1) is 0 Å². The second-order valence-corrected chi connectivity index (χ2v) is 5.72. The van der Waals surface area contributed by atoms with Gasteiger partial charge in [-0.2, -0.15) is 0 Å². The van der Waals surface area contributed by atoms with Crippen molar-refractivity contribution in [2.75, 3.05) is 6.54 Å². The van der Waals surface area contributed by atoms with Gasteiger partial charge < -0.3 is 9.84 Å². The van der Waals surface area contributed by atoms with Crippen molar-refractivity contribution < 1.29 is 19.8 Å². The SMILES string of the molecule is O=C(OCc1ccccc1)[C@H]1CCC2=C(C1)CN(O)C(O)=C2. The van der Waals surface area contributed by atoms with Crippen LogP contribution >= 0.6 is 0 Å². The minimum atomic E-state index is -0.196. The van der Waals surface area contributed by atoms with Gasteiger partial charge in [-0.1, -0.05) is 30.3 Å². The second-order valence-electron chi connectivity index (χ2n) is 5.72. The maximum atomic E-state index is 12.2. The predicted octanol–water partition coefficient (Wildman–Crippen LogP) is 2.93. The summed E-state index contributed by atoms with van der Waals surface area (Å²) in [4.78, 5) is 12.2. The first-order chi connectivity index (χ1) is 10.6. The number of allylic oxidation sites excluding steroid dienone is 2. The van der Waals surface area contributed by atoms with Crippen LogP contribution in [0.25, 0.3) is 0 Å². The van der Waals surface area contributed by atoms with E-state index in [-0.39, 0.29) is 30.9 Å². The minimum Gasteiger partial charge on any atom is -0.493 e. The van der Waals surface area contributed by atoms with Gasteiger partial charge in [0.05, 0.1) is 12.5 Å². The molecule has 0 saturated heterocycles. The maximum Gasteiger partial charge on any atom is 0.309 e. The smallest absolute Gasteiger partial charge is 0.309 e. The molecule has 1 aromatic carbocycles. The lowest BCUT2D eigenvalue weighted by Gasteiger charge is -2.30. The van der Waals surface area contributed by atoms with E-state index in [1.165, 1.54) is 0 Å². The summed E-state index contributed by atoms with van der Waals surface area (Å²) >= 11 is 0. The topological polar surface area (TPSA) is 70.0 Å². The van der Waals surface area contributed by atoms with Gasteiger partial charge in [0.15, 0.2) is 0 Å². The number of ether oxygens (including phenoxy) is 1. The zero-order valence-corrected chi connectivity index (χ0v) is 12.2. The summed E-state index contributed by atoms with van der Waals surface area (Å²) in [6, 6.07) is 9.60. The van der Waals surface area contributed by atoms with Crippen LogP contribution < -0.4 is 0 Å². The first-order valence-corrected chi connectivity index (χ1v) is 7.42. The van der Waals surface area contributed by atoms with E-state index in [1.807, 2.05) is 30.3 Å². The molecule has 0 spiro atoms. The Labute approximate surface area is 129 Å². The summed E-state index contributed by atoms with van der Waals surface area (Å²) in [5.41, 5.74) is 2.99. The molecule has 1 aliphatic heterocycles. The molecule has 0 aromatic heterocycles. The zero-order valence-electron chi connectivity index (χ0n) is 12.2. The van der Waals surface area contributed by atoms with E-state index in [0.717, 1.165) is 28.2 Å². The Balaban J connectivity index is 1.59. The number of carbonyl (C=O) groups excluding carboxylic acids is 1. The monoisotopic (exact) mass is 301 g/mol. The van der Waals surface area contributed by atoms with Crippen LogP contribution in [-0.4, -0.2) is 27.9 Å². The van der Waals surface area contributed by atoms with Gasteiger partial charge in [-0.25, -0.2) is 5.06 Å². The van der Waals surface area contributed by atoms with E-state index in [0.29, 0.717) is 12.8 Å². The Hall–Kier alpha value is -2.27. The fraction of sp³-hybridized carbons (Fsp3) is 0.353. The molecule has 0 saturated carbocycles. The first kappa shape index (κ1) is 14.7.